The Morgan fingerprint density at radius 1 is 0.907 bits per heavy atom. The third-order valence-corrected chi connectivity index (χ3v) is 8.10. The summed E-state index contributed by atoms with van der Waals surface area (Å²) >= 11 is 0. The van der Waals surface area contributed by atoms with E-state index < -0.39 is 41.3 Å². The molecule has 2 fully saturated rings. The highest BCUT2D eigenvalue weighted by atomic mass is 19.4. The van der Waals surface area contributed by atoms with Crippen LogP contribution in [-0.2, 0) is 12.1 Å². The first-order chi connectivity index (χ1) is 20.1. The van der Waals surface area contributed by atoms with Crippen molar-refractivity contribution in [3.05, 3.63) is 65.0 Å². The molecule has 1 saturated carbocycles. The molecule has 0 aromatic heterocycles. The molecule has 4 N–H and O–H groups in total. The van der Waals surface area contributed by atoms with Crippen LogP contribution in [0.1, 0.15) is 40.7 Å². The quantitative estimate of drug-likeness (QED) is 0.328. The molecule has 1 heterocycles. The second-order valence-corrected chi connectivity index (χ2v) is 11.0. The first-order valence-electron chi connectivity index (χ1n) is 13.5. The number of aliphatic hydroxyl groups excluding tert-OH is 1. The number of benzene rings is 2. The van der Waals surface area contributed by atoms with Crippen molar-refractivity contribution in [2.75, 3.05) is 44.6 Å². The molecule has 4 rings (SSSR count). The minimum atomic E-state index is -5.97. The molecule has 1 saturated heterocycles. The lowest BCUT2D eigenvalue weighted by Crippen LogP contribution is -2.53. The Balaban J connectivity index is 1.29. The van der Waals surface area contributed by atoms with Gasteiger partial charge in [0.2, 0.25) is 0 Å². The molecule has 43 heavy (non-hydrogen) atoms. The zero-order valence-corrected chi connectivity index (χ0v) is 22.9. The number of anilines is 1. The van der Waals surface area contributed by atoms with Gasteiger partial charge in [0, 0.05) is 55.8 Å². The summed E-state index contributed by atoms with van der Waals surface area (Å²) in [6, 6.07) is 6.35. The molecule has 0 unspecified atom stereocenters. The van der Waals surface area contributed by atoms with Gasteiger partial charge in [-0.15, -0.1) is 0 Å². The summed E-state index contributed by atoms with van der Waals surface area (Å²) in [4.78, 5) is 28.4. The monoisotopic (exact) mass is 620 g/mol. The number of nitrogens with zero attached hydrogens (tertiary/aromatic N) is 2. The second kappa shape index (κ2) is 12.3. The van der Waals surface area contributed by atoms with E-state index in [2.05, 4.69) is 10.6 Å². The fourth-order valence-electron chi connectivity index (χ4n) is 5.14. The van der Waals surface area contributed by atoms with Gasteiger partial charge >= 0.3 is 18.4 Å². The van der Waals surface area contributed by atoms with Crippen molar-refractivity contribution in [2.24, 2.45) is 5.41 Å². The minimum Gasteiger partial charge on any atom is -0.396 e. The van der Waals surface area contributed by atoms with Crippen molar-refractivity contribution in [1.82, 2.24) is 15.1 Å². The fraction of sp³-hybridized carbons (Fsp3) is 0.500. The first kappa shape index (κ1) is 32.5. The summed E-state index contributed by atoms with van der Waals surface area (Å²) in [5.74, 6) is -1.26. The fourth-order valence-corrected chi connectivity index (χ4v) is 5.14. The van der Waals surface area contributed by atoms with Gasteiger partial charge < -0.3 is 25.7 Å². The maximum absolute atomic E-state index is 14.7. The predicted molar refractivity (Wildman–Crippen MR) is 140 cm³/mol. The topological polar surface area (TPSA) is 105 Å². The summed E-state index contributed by atoms with van der Waals surface area (Å²) in [6.07, 6.45) is -9.39. The molecule has 236 valence electrons. The zero-order valence-electron chi connectivity index (χ0n) is 22.9. The second-order valence-electron chi connectivity index (χ2n) is 11.0. The molecule has 2 aromatic rings. The molecule has 2 aliphatic rings. The van der Waals surface area contributed by atoms with Crippen molar-refractivity contribution in [1.29, 1.82) is 0 Å². The Hall–Kier alpha value is -3.43. The number of carbonyl (C=O) groups is 2. The number of hydrogen-bond acceptors (Lipinski definition) is 5. The van der Waals surface area contributed by atoms with Crippen molar-refractivity contribution < 1.29 is 50.5 Å². The minimum absolute atomic E-state index is 0.0538. The predicted octanol–water partition coefficient (Wildman–Crippen LogP) is 4.38. The molecule has 0 atom stereocenters. The third-order valence-electron chi connectivity index (χ3n) is 8.10. The van der Waals surface area contributed by atoms with E-state index in [0.717, 1.165) is 37.5 Å². The lowest BCUT2D eigenvalue weighted by Gasteiger charge is -2.40. The van der Waals surface area contributed by atoms with Gasteiger partial charge in [0.1, 0.15) is 5.82 Å². The highest BCUT2D eigenvalue weighted by molar-refractivity contribution is 5.95. The molecule has 2 aromatic carbocycles. The standard InChI is InChI=1S/C28H31F7N4O4/c29-21-14-19(4-7-22(21)37-24(42)36-16-25(17-40)8-1-9-25)23(41)39-12-10-38(11-13-39)15-18-2-5-20(6-3-18)26(43,27(30,31)32)28(33,34)35/h2-7,14,40,43H,1,8-13,15-17H2,(H2,36,37,42). The van der Waals surface area contributed by atoms with Gasteiger partial charge in [-0.2, -0.15) is 26.3 Å². The van der Waals surface area contributed by atoms with Crippen molar-refractivity contribution in [2.45, 2.75) is 43.8 Å². The van der Waals surface area contributed by atoms with E-state index in [-0.39, 0.29) is 49.5 Å². The van der Waals surface area contributed by atoms with E-state index in [1.54, 1.807) is 0 Å². The molecular formula is C28H31F7N4O4. The number of halogens is 7. The number of rotatable bonds is 8. The van der Waals surface area contributed by atoms with Crippen LogP contribution in [0.5, 0.6) is 0 Å². The van der Waals surface area contributed by atoms with Gasteiger partial charge in [-0.3, -0.25) is 9.69 Å². The number of nitrogens with one attached hydrogen (secondary N) is 2. The number of piperazine rings is 1. The number of urea groups is 1. The number of alkyl halides is 6. The van der Waals surface area contributed by atoms with Gasteiger partial charge in [0.25, 0.3) is 11.5 Å². The lowest BCUT2D eigenvalue weighted by atomic mass is 9.69. The number of amides is 3. The van der Waals surface area contributed by atoms with Crippen LogP contribution in [0.3, 0.4) is 0 Å². The first-order valence-corrected chi connectivity index (χ1v) is 13.5. The summed E-state index contributed by atoms with van der Waals surface area (Å²) in [7, 11) is 0. The Morgan fingerprint density at radius 2 is 1.51 bits per heavy atom. The van der Waals surface area contributed by atoms with Crippen molar-refractivity contribution in [3.63, 3.8) is 0 Å². The smallest absolute Gasteiger partial charge is 0.396 e. The summed E-state index contributed by atoms with van der Waals surface area (Å²) < 4.78 is 93.3. The van der Waals surface area contributed by atoms with Gasteiger partial charge in [0.05, 0.1) is 12.3 Å². The average molecular weight is 621 g/mol. The summed E-state index contributed by atoms with van der Waals surface area (Å²) in [5, 5.41) is 24.0. The highest BCUT2D eigenvalue weighted by Gasteiger charge is 2.71. The van der Waals surface area contributed by atoms with E-state index in [1.165, 1.54) is 17.0 Å². The van der Waals surface area contributed by atoms with Crippen LogP contribution in [-0.4, -0.2) is 83.6 Å². The van der Waals surface area contributed by atoms with E-state index in [1.807, 2.05) is 4.90 Å². The van der Waals surface area contributed by atoms with Crippen LogP contribution in [0.2, 0.25) is 0 Å². The van der Waals surface area contributed by atoms with Gasteiger partial charge in [-0.05, 0) is 36.6 Å². The Kier molecular flexibility index (Phi) is 9.28. The van der Waals surface area contributed by atoms with Crippen LogP contribution in [0.15, 0.2) is 42.5 Å². The zero-order chi connectivity index (χ0) is 31.6. The van der Waals surface area contributed by atoms with Crippen LogP contribution in [0.25, 0.3) is 0 Å². The third kappa shape index (κ3) is 6.88. The lowest BCUT2D eigenvalue weighted by molar-refractivity contribution is -0.376. The molecule has 0 bridgehead atoms. The van der Waals surface area contributed by atoms with Gasteiger partial charge in [0.15, 0.2) is 0 Å². The SMILES string of the molecule is O=C(NCC1(CO)CCC1)Nc1ccc(C(=O)N2CCN(Cc3ccc(C(O)(C(F)(F)F)C(F)(F)F)cc3)CC2)cc1F. The normalized spacial score (nSPS) is 17.7. The van der Waals surface area contributed by atoms with Gasteiger partial charge in [-0.1, -0.05) is 30.7 Å². The van der Waals surface area contributed by atoms with Crippen molar-refractivity contribution in [3.8, 4) is 0 Å². The van der Waals surface area contributed by atoms with Crippen LogP contribution in [0, 0.1) is 11.2 Å². The van der Waals surface area contributed by atoms with E-state index in [9.17, 15) is 50.5 Å². The van der Waals surface area contributed by atoms with E-state index >= 15 is 0 Å². The number of aliphatic hydroxyl groups is 2. The molecule has 3 amide bonds. The van der Waals surface area contributed by atoms with Crippen LogP contribution in [0.4, 0.5) is 41.2 Å². The molecule has 0 spiro atoms. The molecule has 15 heteroatoms. The van der Waals surface area contributed by atoms with E-state index in [0.29, 0.717) is 30.8 Å². The number of hydrogen-bond donors (Lipinski definition) is 4. The van der Waals surface area contributed by atoms with Gasteiger partial charge in [-0.25, -0.2) is 9.18 Å². The Bertz CT molecular complexity index is 1290. The Labute approximate surface area is 242 Å². The highest BCUT2D eigenvalue weighted by Crippen LogP contribution is 2.50. The molecule has 1 aliphatic heterocycles. The van der Waals surface area contributed by atoms with E-state index in [4.69, 9.17) is 0 Å². The molecule has 1 aliphatic carbocycles. The van der Waals surface area contributed by atoms with Crippen molar-refractivity contribution >= 4 is 17.6 Å². The average Bonchev–Trinajstić information content (AvgIpc) is 2.92. The summed E-state index contributed by atoms with van der Waals surface area (Å²) in [5.41, 5.74) is -6.35. The van der Waals surface area contributed by atoms with Crippen LogP contribution >= 0.6 is 0 Å². The summed E-state index contributed by atoms with van der Waals surface area (Å²) in [6.45, 7) is 1.51. The molecular weight excluding hydrogens is 589 g/mol. The largest absolute Gasteiger partial charge is 0.430 e. The Morgan fingerprint density at radius 3 is 2.00 bits per heavy atom. The van der Waals surface area contributed by atoms with Crippen LogP contribution < -0.4 is 10.6 Å². The molecule has 8 nitrogen and oxygen atoms in total. The number of carbonyl (C=O) groups excluding carboxylic acids is 2. The maximum Gasteiger partial charge on any atom is 0.430 e. The molecule has 0 radical (unpaired) electrons. The maximum atomic E-state index is 14.7.